The number of aliphatic imine (C=N–C) groups is 2. The van der Waals surface area contributed by atoms with E-state index in [0.29, 0.717) is 28.3 Å². The number of anilines is 1. The predicted octanol–water partition coefficient (Wildman–Crippen LogP) is 3.12. The highest BCUT2D eigenvalue weighted by molar-refractivity contribution is 7.80. The Morgan fingerprint density at radius 3 is 2.84 bits per heavy atom. The fourth-order valence-electron chi connectivity index (χ4n) is 4.61. The van der Waals surface area contributed by atoms with E-state index in [4.69, 9.17) is 17.0 Å². The number of carbonyl (C=O) groups excluding carboxylic acids is 1. The zero-order valence-corrected chi connectivity index (χ0v) is 22.9. The molecule has 0 radical (unpaired) electrons. The van der Waals surface area contributed by atoms with Crippen LogP contribution in [0.2, 0.25) is 0 Å². The van der Waals surface area contributed by atoms with Crippen LogP contribution < -0.4 is 20.3 Å². The summed E-state index contributed by atoms with van der Waals surface area (Å²) in [5.41, 5.74) is 2.81. The van der Waals surface area contributed by atoms with Crippen molar-refractivity contribution < 1.29 is 9.53 Å². The number of hydrogen-bond acceptors (Lipinski definition) is 8. The SMILES string of the molecule is COc1ccc(N2CCN(CCCNC(=O)Cc3csc(/N=C4\NC(=S)N=C5C=CC=CC54)n3)CC2)cc1. The predicted molar refractivity (Wildman–Crippen MR) is 157 cm³/mol. The second-order valence-corrected chi connectivity index (χ2v) is 10.4. The quantitative estimate of drug-likeness (QED) is 0.367. The molecule has 2 aromatic rings. The van der Waals surface area contributed by atoms with E-state index in [9.17, 15) is 4.79 Å². The Labute approximate surface area is 232 Å². The summed E-state index contributed by atoms with van der Waals surface area (Å²) in [7, 11) is 1.69. The highest BCUT2D eigenvalue weighted by Crippen LogP contribution is 2.23. The number of nitrogens with zero attached hydrogens (tertiary/aromatic N) is 5. The fraction of sp³-hybridized carbons (Fsp3) is 0.370. The molecule has 5 rings (SSSR count). The first-order chi connectivity index (χ1) is 18.6. The van der Waals surface area contributed by atoms with Crippen LogP contribution in [0.5, 0.6) is 5.75 Å². The third kappa shape index (κ3) is 6.72. The molecule has 0 saturated carbocycles. The van der Waals surface area contributed by atoms with E-state index < -0.39 is 0 Å². The fourth-order valence-corrected chi connectivity index (χ4v) is 5.52. The van der Waals surface area contributed by atoms with Crippen molar-refractivity contribution in [3.05, 3.63) is 59.6 Å². The number of benzene rings is 1. The zero-order chi connectivity index (χ0) is 26.3. The lowest BCUT2D eigenvalue weighted by molar-refractivity contribution is -0.120. The van der Waals surface area contributed by atoms with Crippen molar-refractivity contribution >= 4 is 56.9 Å². The summed E-state index contributed by atoms with van der Waals surface area (Å²) in [4.78, 5) is 30.9. The number of piperazine rings is 1. The first-order valence-corrected chi connectivity index (χ1v) is 14.0. The number of thiocarbonyl (C=S) groups is 1. The van der Waals surface area contributed by atoms with Crippen molar-refractivity contribution in [1.29, 1.82) is 0 Å². The Hall–Kier alpha value is -3.41. The van der Waals surface area contributed by atoms with Gasteiger partial charge >= 0.3 is 0 Å². The van der Waals surface area contributed by atoms with Gasteiger partial charge in [-0.05, 0) is 55.5 Å². The van der Waals surface area contributed by atoms with Crippen molar-refractivity contribution in [2.24, 2.45) is 15.9 Å². The van der Waals surface area contributed by atoms with Crippen molar-refractivity contribution in [2.75, 3.05) is 51.3 Å². The topological polar surface area (TPSA) is 94.5 Å². The number of hydrogen-bond donors (Lipinski definition) is 2. The number of amides is 1. The molecule has 1 amide bonds. The standard InChI is InChI=1S/C27H31N7O2S2/c1-36-21-9-7-20(8-10-21)34-15-13-33(14-16-34)12-4-11-28-24(35)17-19-18-38-27(29-19)32-25-22-5-2-3-6-23(22)30-26(37)31-25/h2-3,5-10,18,22H,4,11-17H2,1H3,(H,28,35)(H,29,31,32,37). The van der Waals surface area contributed by atoms with Crippen LogP contribution in [0.25, 0.3) is 0 Å². The molecule has 3 aliphatic rings. The molecule has 1 fully saturated rings. The molecular weight excluding hydrogens is 518 g/mol. The number of amidine groups is 1. The summed E-state index contributed by atoms with van der Waals surface area (Å²) in [5, 5.41) is 8.97. The molecule has 2 N–H and O–H groups in total. The molecule has 0 spiro atoms. The van der Waals surface area contributed by atoms with Gasteiger partial charge in [0.1, 0.15) is 11.6 Å². The second kappa shape index (κ2) is 12.4. The molecule has 1 aromatic heterocycles. The number of carbonyl (C=O) groups is 1. The van der Waals surface area contributed by atoms with Crippen LogP contribution in [0.15, 0.2) is 63.9 Å². The maximum absolute atomic E-state index is 12.5. The lowest BCUT2D eigenvalue weighted by Gasteiger charge is -2.36. The molecule has 198 valence electrons. The summed E-state index contributed by atoms with van der Waals surface area (Å²) >= 11 is 6.65. The van der Waals surface area contributed by atoms with Crippen LogP contribution in [0.1, 0.15) is 12.1 Å². The van der Waals surface area contributed by atoms with Gasteiger partial charge in [-0.3, -0.25) is 9.69 Å². The number of fused-ring (bicyclic) bond motifs is 1. The molecule has 1 atom stereocenters. The Bertz CT molecular complexity index is 1270. The highest BCUT2D eigenvalue weighted by Gasteiger charge is 2.25. The number of methoxy groups -OCH3 is 1. The summed E-state index contributed by atoms with van der Waals surface area (Å²) < 4.78 is 5.25. The molecule has 1 aliphatic carbocycles. The van der Waals surface area contributed by atoms with E-state index in [1.807, 2.05) is 41.8 Å². The molecule has 1 unspecified atom stereocenters. The van der Waals surface area contributed by atoms with Crippen molar-refractivity contribution in [2.45, 2.75) is 12.8 Å². The largest absolute Gasteiger partial charge is 0.497 e. The minimum Gasteiger partial charge on any atom is -0.497 e. The van der Waals surface area contributed by atoms with E-state index in [2.05, 4.69) is 47.5 Å². The lowest BCUT2D eigenvalue weighted by atomic mass is 9.96. The molecule has 1 saturated heterocycles. The number of rotatable bonds is 9. The van der Waals surface area contributed by atoms with Gasteiger partial charge in [-0.25, -0.2) is 15.0 Å². The van der Waals surface area contributed by atoms with Crippen LogP contribution in [-0.2, 0) is 11.2 Å². The van der Waals surface area contributed by atoms with E-state index in [1.165, 1.54) is 17.0 Å². The van der Waals surface area contributed by atoms with Crippen LogP contribution >= 0.6 is 23.6 Å². The Morgan fingerprint density at radius 2 is 2.05 bits per heavy atom. The Morgan fingerprint density at radius 1 is 1.24 bits per heavy atom. The van der Waals surface area contributed by atoms with Gasteiger partial charge in [0, 0.05) is 43.8 Å². The number of nitrogens with one attached hydrogen (secondary N) is 2. The summed E-state index contributed by atoms with van der Waals surface area (Å²) in [6.07, 6.45) is 9.03. The van der Waals surface area contributed by atoms with Gasteiger partial charge in [0.05, 0.1) is 30.9 Å². The molecular formula is C27H31N7O2S2. The van der Waals surface area contributed by atoms with E-state index >= 15 is 0 Å². The maximum atomic E-state index is 12.5. The third-order valence-corrected chi connectivity index (χ3v) is 7.62. The van der Waals surface area contributed by atoms with Crippen LogP contribution in [0.4, 0.5) is 10.8 Å². The number of thiazole rings is 1. The molecule has 1 aromatic carbocycles. The van der Waals surface area contributed by atoms with E-state index in [1.54, 1.807) is 7.11 Å². The van der Waals surface area contributed by atoms with Crippen molar-refractivity contribution in [3.8, 4) is 5.75 Å². The van der Waals surface area contributed by atoms with E-state index in [0.717, 1.165) is 50.6 Å². The zero-order valence-electron chi connectivity index (χ0n) is 21.3. The average molecular weight is 550 g/mol. The first kappa shape index (κ1) is 26.2. The molecule has 3 heterocycles. The molecule has 0 bridgehead atoms. The summed E-state index contributed by atoms with van der Waals surface area (Å²) in [5.74, 6) is 1.50. The van der Waals surface area contributed by atoms with Gasteiger partial charge in [0.15, 0.2) is 5.11 Å². The molecule has 9 nitrogen and oxygen atoms in total. The van der Waals surface area contributed by atoms with Gasteiger partial charge in [0.25, 0.3) is 0 Å². The monoisotopic (exact) mass is 549 g/mol. The Balaban J connectivity index is 1.02. The van der Waals surface area contributed by atoms with Gasteiger partial charge in [-0.2, -0.15) is 0 Å². The first-order valence-electron chi connectivity index (χ1n) is 12.7. The smallest absolute Gasteiger partial charge is 0.226 e. The normalized spacial score (nSPS) is 20.2. The average Bonchev–Trinajstić information content (AvgIpc) is 3.38. The van der Waals surface area contributed by atoms with Gasteiger partial charge < -0.3 is 20.3 Å². The summed E-state index contributed by atoms with van der Waals surface area (Å²) in [6.45, 7) is 5.66. The third-order valence-electron chi connectivity index (χ3n) is 6.64. The van der Waals surface area contributed by atoms with Crippen LogP contribution in [0.3, 0.4) is 0 Å². The molecule has 11 heteroatoms. The van der Waals surface area contributed by atoms with Gasteiger partial charge in [-0.1, -0.05) is 18.2 Å². The Kier molecular flexibility index (Phi) is 8.57. The minimum absolute atomic E-state index is 0.0226. The second-order valence-electron chi connectivity index (χ2n) is 9.21. The van der Waals surface area contributed by atoms with Gasteiger partial charge in [0.2, 0.25) is 11.0 Å². The number of aromatic nitrogens is 1. The molecule has 2 aliphatic heterocycles. The van der Waals surface area contributed by atoms with Crippen LogP contribution in [0, 0.1) is 5.92 Å². The maximum Gasteiger partial charge on any atom is 0.226 e. The van der Waals surface area contributed by atoms with Gasteiger partial charge in [-0.15, -0.1) is 11.3 Å². The molecule has 38 heavy (non-hydrogen) atoms. The van der Waals surface area contributed by atoms with Crippen LogP contribution in [-0.4, -0.2) is 78.8 Å². The number of allylic oxidation sites excluding steroid dienone is 3. The highest BCUT2D eigenvalue weighted by atomic mass is 32.1. The van der Waals surface area contributed by atoms with Crippen molar-refractivity contribution in [1.82, 2.24) is 20.5 Å². The number of ether oxygens (including phenoxy) is 1. The van der Waals surface area contributed by atoms with Crippen molar-refractivity contribution in [3.63, 3.8) is 0 Å². The lowest BCUT2D eigenvalue weighted by Crippen LogP contribution is -2.47. The summed E-state index contributed by atoms with van der Waals surface area (Å²) in [6, 6.07) is 8.23. The van der Waals surface area contributed by atoms with E-state index in [-0.39, 0.29) is 18.2 Å². The minimum atomic E-state index is -0.0622.